The van der Waals surface area contributed by atoms with Crippen LogP contribution in [0, 0.1) is 5.92 Å². The van der Waals surface area contributed by atoms with Crippen LogP contribution in [0.15, 0.2) is 0 Å². The molecule has 1 saturated heterocycles. The van der Waals surface area contributed by atoms with E-state index in [-0.39, 0.29) is 23.7 Å². The lowest BCUT2D eigenvalue weighted by Crippen LogP contribution is -2.43. The van der Waals surface area contributed by atoms with Crippen LogP contribution >= 0.6 is 0 Å². The van der Waals surface area contributed by atoms with E-state index in [2.05, 4.69) is 33.9 Å². The molecule has 1 fully saturated rings. The van der Waals surface area contributed by atoms with Gasteiger partial charge in [0, 0.05) is 19.1 Å². The van der Waals surface area contributed by atoms with Gasteiger partial charge in [-0.2, -0.15) is 0 Å². The lowest BCUT2D eigenvalue weighted by Gasteiger charge is -2.37. The smallest absolute Gasteiger partial charge is 0.192 e. The maximum absolute atomic E-state index is 9.24. The molecule has 0 saturated carbocycles. The van der Waals surface area contributed by atoms with Crippen molar-refractivity contribution in [2.24, 2.45) is 5.92 Å². The third-order valence-electron chi connectivity index (χ3n) is 3.84. The standard InChI is InChI=1S/C12H26O3Si/c1-12(2,3)16(4,5)15-9-11-10(8-13)6-7-14-11/h10-11,13H,6-9H2,1-5H3/t10-,11-/m1/s1/i7T/t7?,10-,11-. The first-order valence-corrected chi connectivity index (χ1v) is 8.91. The summed E-state index contributed by atoms with van der Waals surface area (Å²) in [5.41, 5.74) is 0. The summed E-state index contributed by atoms with van der Waals surface area (Å²) in [6.07, 6.45) is 0.499. The Hall–Kier alpha value is 0.0969. The van der Waals surface area contributed by atoms with Crippen LogP contribution in [0.5, 0.6) is 0 Å². The van der Waals surface area contributed by atoms with Crippen LogP contribution in [-0.2, 0) is 9.16 Å². The van der Waals surface area contributed by atoms with E-state index < -0.39 is 14.9 Å². The van der Waals surface area contributed by atoms with Crippen LogP contribution in [0.2, 0.25) is 18.1 Å². The van der Waals surface area contributed by atoms with E-state index in [1.807, 2.05) is 0 Å². The Morgan fingerprint density at radius 3 is 2.62 bits per heavy atom. The van der Waals surface area contributed by atoms with Crippen LogP contribution in [0.4, 0.5) is 0 Å². The highest BCUT2D eigenvalue weighted by atomic mass is 28.4. The molecule has 1 N–H and O–H groups in total. The summed E-state index contributed by atoms with van der Waals surface area (Å²) in [4.78, 5) is 0. The molecule has 0 bridgehead atoms. The number of aliphatic hydroxyl groups is 1. The number of aliphatic hydroxyl groups excluding tert-OH is 1. The van der Waals surface area contributed by atoms with E-state index in [9.17, 15) is 5.11 Å². The fourth-order valence-corrected chi connectivity index (χ4v) is 2.45. The van der Waals surface area contributed by atoms with Crippen molar-refractivity contribution in [1.29, 1.82) is 0 Å². The average Bonchev–Trinajstić information content (AvgIpc) is 2.54. The zero-order valence-corrected chi connectivity index (χ0v) is 12.1. The molecule has 0 aromatic heterocycles. The van der Waals surface area contributed by atoms with Crippen molar-refractivity contribution in [1.82, 2.24) is 0 Å². The van der Waals surface area contributed by atoms with Gasteiger partial charge in [0.25, 0.3) is 0 Å². The summed E-state index contributed by atoms with van der Waals surface area (Å²) in [5, 5.41) is 9.42. The minimum Gasteiger partial charge on any atom is -0.414 e. The van der Waals surface area contributed by atoms with Gasteiger partial charge in [0.2, 0.25) is 0 Å². The van der Waals surface area contributed by atoms with Crippen molar-refractivity contribution >= 4 is 8.32 Å². The van der Waals surface area contributed by atoms with Gasteiger partial charge in [0.05, 0.1) is 14.1 Å². The van der Waals surface area contributed by atoms with Gasteiger partial charge in [-0.15, -0.1) is 0 Å². The largest absolute Gasteiger partial charge is 0.414 e. The second-order valence-electron chi connectivity index (χ2n) is 6.09. The van der Waals surface area contributed by atoms with Crippen LogP contribution in [-0.4, -0.2) is 39.3 Å². The fraction of sp³-hybridized carbons (Fsp3) is 1.00. The molecule has 0 aliphatic carbocycles. The molecule has 3 atom stereocenters. The highest BCUT2D eigenvalue weighted by Gasteiger charge is 2.39. The number of rotatable bonds is 4. The van der Waals surface area contributed by atoms with Gasteiger partial charge in [-0.3, -0.25) is 0 Å². The molecule has 3 nitrogen and oxygen atoms in total. The molecule has 0 spiro atoms. The predicted molar refractivity (Wildman–Crippen MR) is 68.1 cm³/mol. The molecule has 1 unspecified atom stereocenters. The van der Waals surface area contributed by atoms with E-state index in [0.717, 1.165) is 0 Å². The van der Waals surface area contributed by atoms with E-state index in [1.54, 1.807) is 0 Å². The molecule has 4 heteroatoms. The maximum Gasteiger partial charge on any atom is 0.192 e. The Labute approximate surface area is 102 Å². The van der Waals surface area contributed by atoms with Crippen LogP contribution < -0.4 is 0 Å². The molecule has 1 rings (SSSR count). The van der Waals surface area contributed by atoms with E-state index in [1.165, 1.54) is 0 Å². The highest BCUT2D eigenvalue weighted by Crippen LogP contribution is 2.37. The molecule has 1 aliphatic rings. The zero-order chi connectivity index (χ0) is 13.3. The second-order valence-corrected chi connectivity index (χ2v) is 10.9. The number of ether oxygens (including phenoxy) is 1. The zero-order valence-electron chi connectivity index (χ0n) is 12.1. The van der Waals surface area contributed by atoms with Crippen LogP contribution in [0.25, 0.3) is 0 Å². The highest BCUT2D eigenvalue weighted by molar-refractivity contribution is 6.74. The quantitative estimate of drug-likeness (QED) is 0.777. The Morgan fingerprint density at radius 1 is 1.50 bits per heavy atom. The SMILES string of the molecule is [3H]C1C[C@H](CO)[C@@H](CO[Si](C)(C)C(C)(C)C)O1. The van der Waals surface area contributed by atoms with E-state index in [0.29, 0.717) is 13.0 Å². The van der Waals surface area contributed by atoms with Gasteiger partial charge in [-0.25, -0.2) is 0 Å². The Bertz CT molecular complexity index is 253. The van der Waals surface area contributed by atoms with Gasteiger partial charge in [-0.05, 0) is 24.6 Å². The molecule has 96 valence electrons. The number of hydrogen-bond donors (Lipinski definition) is 1. The fourth-order valence-electron chi connectivity index (χ4n) is 1.44. The molecule has 1 aliphatic heterocycles. The van der Waals surface area contributed by atoms with Crippen molar-refractivity contribution < 1.29 is 15.6 Å². The molecule has 16 heavy (non-hydrogen) atoms. The Morgan fingerprint density at radius 2 is 2.12 bits per heavy atom. The summed E-state index contributed by atoms with van der Waals surface area (Å²) in [6.45, 7) is 11.1. The minimum atomic E-state index is -1.76. The van der Waals surface area contributed by atoms with Crippen molar-refractivity contribution in [3.05, 3.63) is 0 Å². The molecular weight excluding hydrogens is 220 g/mol. The van der Waals surface area contributed by atoms with Gasteiger partial charge in [-0.1, -0.05) is 20.8 Å². The van der Waals surface area contributed by atoms with Crippen molar-refractivity contribution in [2.75, 3.05) is 19.8 Å². The minimum absolute atomic E-state index is 0.0577. The first-order chi connectivity index (χ1) is 7.67. The number of hydrogen-bond acceptors (Lipinski definition) is 3. The summed E-state index contributed by atoms with van der Waals surface area (Å²) in [7, 11) is -1.76. The molecular formula is C12H26O3Si. The first-order valence-electron chi connectivity index (χ1n) is 6.57. The molecule has 0 aromatic carbocycles. The molecule has 0 radical (unpaired) electrons. The summed E-state index contributed by atoms with van der Waals surface area (Å²) < 4.78 is 19.1. The van der Waals surface area contributed by atoms with E-state index in [4.69, 9.17) is 10.5 Å². The van der Waals surface area contributed by atoms with Crippen molar-refractivity contribution in [3.63, 3.8) is 0 Å². The monoisotopic (exact) mass is 248 g/mol. The third-order valence-corrected chi connectivity index (χ3v) is 8.35. The van der Waals surface area contributed by atoms with Crippen molar-refractivity contribution in [2.45, 2.75) is 51.4 Å². The Balaban J connectivity index is 2.50. The average molecular weight is 248 g/mol. The molecule has 1 heterocycles. The van der Waals surface area contributed by atoms with Gasteiger partial charge in [0.15, 0.2) is 8.32 Å². The molecule has 0 aromatic rings. The van der Waals surface area contributed by atoms with Crippen LogP contribution in [0.1, 0.15) is 28.6 Å². The maximum atomic E-state index is 9.24. The lowest BCUT2D eigenvalue weighted by atomic mass is 10.0. The summed E-state index contributed by atoms with van der Waals surface area (Å²) in [6, 6.07) is 0. The predicted octanol–water partition coefficient (Wildman–Crippen LogP) is 2.41. The van der Waals surface area contributed by atoms with E-state index >= 15 is 0 Å². The van der Waals surface area contributed by atoms with Crippen molar-refractivity contribution in [3.8, 4) is 0 Å². The first kappa shape index (κ1) is 12.6. The summed E-state index contributed by atoms with van der Waals surface area (Å²) in [5.74, 6) is 0.0577. The topological polar surface area (TPSA) is 38.7 Å². The third kappa shape index (κ3) is 3.29. The van der Waals surface area contributed by atoms with Crippen LogP contribution in [0.3, 0.4) is 0 Å². The lowest BCUT2D eigenvalue weighted by molar-refractivity contribution is 0.0307. The second kappa shape index (κ2) is 5.17. The summed E-state index contributed by atoms with van der Waals surface area (Å²) >= 11 is 0. The van der Waals surface area contributed by atoms with Gasteiger partial charge in [0.1, 0.15) is 0 Å². The van der Waals surface area contributed by atoms with Gasteiger partial charge >= 0.3 is 0 Å². The van der Waals surface area contributed by atoms with Gasteiger partial charge < -0.3 is 14.3 Å². The normalized spacial score (nSPS) is 32.9. The molecule has 0 amide bonds. The Kier molecular flexibility index (Phi) is 4.05.